The minimum absolute atomic E-state index is 0.117. The zero-order valence-electron chi connectivity index (χ0n) is 11.9. The van der Waals surface area contributed by atoms with Crippen molar-refractivity contribution in [3.05, 3.63) is 36.0 Å². The second kappa shape index (κ2) is 5.67. The van der Waals surface area contributed by atoms with Gasteiger partial charge in [0.25, 0.3) is 5.91 Å². The molecule has 1 aliphatic rings. The van der Waals surface area contributed by atoms with E-state index in [4.69, 9.17) is 0 Å². The number of amides is 1. The molecule has 1 aromatic carbocycles. The molecule has 106 valence electrons. The molecule has 2 aromatic rings. The van der Waals surface area contributed by atoms with Gasteiger partial charge in [0.05, 0.1) is 0 Å². The Bertz CT molecular complexity index is 599. The Kier molecular flexibility index (Phi) is 3.74. The Labute approximate surface area is 119 Å². The van der Waals surface area contributed by atoms with Gasteiger partial charge in [-0.2, -0.15) is 0 Å². The third-order valence-corrected chi connectivity index (χ3v) is 4.14. The van der Waals surface area contributed by atoms with Gasteiger partial charge in [-0.3, -0.25) is 4.79 Å². The molecule has 1 amide bonds. The van der Waals surface area contributed by atoms with E-state index in [0.29, 0.717) is 5.92 Å². The fourth-order valence-electron chi connectivity index (χ4n) is 2.94. The molecular weight excluding hydrogens is 250 g/mol. The van der Waals surface area contributed by atoms with Crippen molar-refractivity contribution in [1.29, 1.82) is 0 Å². The number of nitrogens with zero attached hydrogens (tertiary/aromatic N) is 1. The highest BCUT2D eigenvalue weighted by atomic mass is 16.2. The van der Waals surface area contributed by atoms with Crippen molar-refractivity contribution in [1.82, 2.24) is 15.2 Å². The monoisotopic (exact) mass is 271 g/mol. The van der Waals surface area contributed by atoms with Crippen LogP contribution in [0.1, 0.15) is 23.2 Å². The Balaban J connectivity index is 1.70. The number of H-pyrrole nitrogens is 1. The topological polar surface area (TPSA) is 48.1 Å². The van der Waals surface area contributed by atoms with Gasteiger partial charge in [0.1, 0.15) is 0 Å². The molecule has 0 radical (unpaired) electrons. The van der Waals surface area contributed by atoms with Gasteiger partial charge in [0.2, 0.25) is 0 Å². The number of fused-ring (bicyclic) bond motifs is 1. The number of rotatable bonds is 3. The van der Waals surface area contributed by atoms with Crippen molar-refractivity contribution >= 4 is 16.8 Å². The molecule has 0 unspecified atom stereocenters. The maximum Gasteiger partial charge on any atom is 0.253 e. The standard InChI is InChI=1S/C16H21N3O/c1-19(11-12-4-7-17-8-5-12)16(20)14-2-3-15-13(10-14)6-9-18-15/h2-3,6,9-10,12,17-18H,4-5,7-8,11H2,1H3. The van der Waals surface area contributed by atoms with E-state index >= 15 is 0 Å². The van der Waals surface area contributed by atoms with Crippen molar-refractivity contribution < 1.29 is 4.79 Å². The molecule has 1 fully saturated rings. The van der Waals surface area contributed by atoms with Gasteiger partial charge in [-0.05, 0) is 56.1 Å². The second-order valence-electron chi connectivity index (χ2n) is 5.66. The highest BCUT2D eigenvalue weighted by Crippen LogP contribution is 2.17. The van der Waals surface area contributed by atoms with Crippen molar-refractivity contribution in [2.45, 2.75) is 12.8 Å². The lowest BCUT2D eigenvalue weighted by Crippen LogP contribution is -2.37. The molecule has 0 atom stereocenters. The van der Waals surface area contributed by atoms with Crippen LogP contribution in [0.2, 0.25) is 0 Å². The number of hydrogen-bond donors (Lipinski definition) is 2. The van der Waals surface area contributed by atoms with E-state index in [-0.39, 0.29) is 5.91 Å². The Morgan fingerprint density at radius 1 is 1.30 bits per heavy atom. The lowest BCUT2D eigenvalue weighted by molar-refractivity contribution is 0.0763. The number of aromatic amines is 1. The summed E-state index contributed by atoms with van der Waals surface area (Å²) in [5, 5.41) is 4.45. The number of aromatic nitrogens is 1. The number of hydrogen-bond acceptors (Lipinski definition) is 2. The smallest absolute Gasteiger partial charge is 0.253 e. The minimum atomic E-state index is 0.117. The van der Waals surface area contributed by atoms with E-state index in [1.165, 1.54) is 0 Å². The lowest BCUT2D eigenvalue weighted by Gasteiger charge is -2.27. The largest absolute Gasteiger partial charge is 0.361 e. The number of carbonyl (C=O) groups excluding carboxylic acids is 1. The summed E-state index contributed by atoms with van der Waals surface area (Å²) in [6, 6.07) is 7.84. The van der Waals surface area contributed by atoms with Gasteiger partial charge >= 0.3 is 0 Å². The third kappa shape index (κ3) is 2.70. The molecule has 1 saturated heterocycles. The summed E-state index contributed by atoms with van der Waals surface area (Å²) in [6.07, 6.45) is 4.22. The molecule has 4 heteroatoms. The molecule has 1 aliphatic heterocycles. The average molecular weight is 271 g/mol. The molecule has 0 spiro atoms. The van der Waals surface area contributed by atoms with Crippen LogP contribution in [0.3, 0.4) is 0 Å². The van der Waals surface area contributed by atoms with Gasteiger partial charge in [-0.1, -0.05) is 0 Å². The zero-order chi connectivity index (χ0) is 13.9. The van der Waals surface area contributed by atoms with Crippen molar-refractivity contribution in [3.63, 3.8) is 0 Å². The van der Waals surface area contributed by atoms with E-state index in [1.807, 2.05) is 42.4 Å². The van der Waals surface area contributed by atoms with E-state index in [2.05, 4.69) is 10.3 Å². The number of nitrogens with one attached hydrogen (secondary N) is 2. The van der Waals surface area contributed by atoms with Crippen molar-refractivity contribution in [2.75, 3.05) is 26.7 Å². The van der Waals surface area contributed by atoms with Gasteiger partial charge in [-0.25, -0.2) is 0 Å². The summed E-state index contributed by atoms with van der Waals surface area (Å²) in [5.41, 5.74) is 1.84. The zero-order valence-corrected chi connectivity index (χ0v) is 11.9. The van der Waals surface area contributed by atoms with E-state index in [1.54, 1.807) is 0 Å². The minimum Gasteiger partial charge on any atom is -0.361 e. The van der Waals surface area contributed by atoms with E-state index in [0.717, 1.165) is 48.9 Å². The van der Waals surface area contributed by atoms with Crippen molar-refractivity contribution in [3.8, 4) is 0 Å². The fourth-order valence-corrected chi connectivity index (χ4v) is 2.94. The van der Waals surface area contributed by atoms with Crippen LogP contribution < -0.4 is 5.32 Å². The molecule has 2 heterocycles. The molecule has 0 bridgehead atoms. The first-order valence-electron chi connectivity index (χ1n) is 7.27. The number of carbonyl (C=O) groups is 1. The van der Waals surface area contributed by atoms with Crippen LogP contribution in [0, 0.1) is 5.92 Å². The summed E-state index contributed by atoms with van der Waals surface area (Å²) < 4.78 is 0. The van der Waals surface area contributed by atoms with Crippen LogP contribution in [-0.4, -0.2) is 42.5 Å². The van der Waals surface area contributed by atoms with E-state index in [9.17, 15) is 4.79 Å². The molecule has 4 nitrogen and oxygen atoms in total. The lowest BCUT2D eigenvalue weighted by atomic mass is 9.97. The predicted octanol–water partition coefficient (Wildman–Crippen LogP) is 2.24. The first-order valence-corrected chi connectivity index (χ1v) is 7.27. The quantitative estimate of drug-likeness (QED) is 0.899. The highest BCUT2D eigenvalue weighted by molar-refractivity contribution is 5.97. The predicted molar refractivity (Wildman–Crippen MR) is 80.9 cm³/mol. The van der Waals surface area contributed by atoms with Gasteiger partial charge < -0.3 is 15.2 Å². The van der Waals surface area contributed by atoms with Gasteiger partial charge in [0.15, 0.2) is 0 Å². The molecule has 2 N–H and O–H groups in total. The molecule has 20 heavy (non-hydrogen) atoms. The van der Waals surface area contributed by atoms with Crippen LogP contribution in [0.5, 0.6) is 0 Å². The molecule has 3 rings (SSSR count). The summed E-state index contributed by atoms with van der Waals surface area (Å²) in [7, 11) is 1.91. The molecular formula is C16H21N3O. The first-order chi connectivity index (χ1) is 9.74. The third-order valence-electron chi connectivity index (χ3n) is 4.14. The van der Waals surface area contributed by atoms with Gasteiger partial charge in [0, 0.05) is 36.3 Å². The molecule has 0 saturated carbocycles. The number of piperidine rings is 1. The average Bonchev–Trinajstić information content (AvgIpc) is 2.94. The van der Waals surface area contributed by atoms with Crippen LogP contribution in [-0.2, 0) is 0 Å². The van der Waals surface area contributed by atoms with Gasteiger partial charge in [-0.15, -0.1) is 0 Å². The highest BCUT2D eigenvalue weighted by Gasteiger charge is 2.19. The second-order valence-corrected chi connectivity index (χ2v) is 5.66. The maximum absolute atomic E-state index is 12.5. The van der Waals surface area contributed by atoms with Crippen LogP contribution in [0.25, 0.3) is 10.9 Å². The van der Waals surface area contributed by atoms with Crippen LogP contribution in [0.15, 0.2) is 30.5 Å². The van der Waals surface area contributed by atoms with E-state index < -0.39 is 0 Å². The Morgan fingerprint density at radius 3 is 2.90 bits per heavy atom. The normalized spacial score (nSPS) is 16.4. The van der Waals surface area contributed by atoms with Crippen LogP contribution >= 0.6 is 0 Å². The summed E-state index contributed by atoms with van der Waals surface area (Å²) in [4.78, 5) is 17.5. The number of benzene rings is 1. The molecule has 0 aliphatic carbocycles. The first kappa shape index (κ1) is 13.2. The molecule has 1 aromatic heterocycles. The summed E-state index contributed by atoms with van der Waals surface area (Å²) >= 11 is 0. The SMILES string of the molecule is CN(CC1CCNCC1)C(=O)c1ccc2[nH]ccc2c1. The van der Waals surface area contributed by atoms with Crippen LogP contribution in [0.4, 0.5) is 0 Å². The maximum atomic E-state index is 12.5. The fraction of sp³-hybridized carbons (Fsp3) is 0.438. The van der Waals surface area contributed by atoms with Crippen molar-refractivity contribution in [2.24, 2.45) is 5.92 Å². The Hall–Kier alpha value is -1.81. The Morgan fingerprint density at radius 2 is 2.10 bits per heavy atom. The summed E-state index contributed by atoms with van der Waals surface area (Å²) in [5.74, 6) is 0.743. The summed E-state index contributed by atoms with van der Waals surface area (Å²) in [6.45, 7) is 3.00.